The van der Waals surface area contributed by atoms with Gasteiger partial charge in [-0.25, -0.2) is 9.97 Å². The predicted octanol–water partition coefficient (Wildman–Crippen LogP) is 3.46. The van der Waals surface area contributed by atoms with Crippen molar-refractivity contribution in [2.24, 2.45) is 0 Å². The summed E-state index contributed by atoms with van der Waals surface area (Å²) in [6.07, 6.45) is 3.26. The van der Waals surface area contributed by atoms with Crippen LogP contribution in [0.5, 0.6) is 11.5 Å². The Labute approximate surface area is 156 Å². The summed E-state index contributed by atoms with van der Waals surface area (Å²) in [4.78, 5) is 23.1. The maximum absolute atomic E-state index is 13.0. The number of amides is 1. The fourth-order valence-electron chi connectivity index (χ4n) is 3.43. The number of hydrogen-bond acceptors (Lipinski definition) is 5. The Balaban J connectivity index is 1.70. The lowest BCUT2D eigenvalue weighted by atomic mass is 9.97. The second-order valence-electron chi connectivity index (χ2n) is 6.65. The van der Waals surface area contributed by atoms with E-state index in [0.717, 1.165) is 41.0 Å². The number of nitrogens with zero attached hydrogens (tertiary/aromatic N) is 3. The molecule has 2 aromatic carbocycles. The van der Waals surface area contributed by atoms with Gasteiger partial charge in [0.05, 0.1) is 11.3 Å². The van der Waals surface area contributed by atoms with Gasteiger partial charge in [0.25, 0.3) is 5.91 Å². The number of fused-ring (bicyclic) bond motifs is 1. The lowest BCUT2D eigenvalue weighted by molar-refractivity contribution is 0.0982. The average Bonchev–Trinajstić information content (AvgIpc) is 2.66. The zero-order valence-corrected chi connectivity index (χ0v) is 14.9. The number of phenols is 2. The zero-order chi connectivity index (χ0) is 19.0. The molecule has 1 aromatic heterocycles. The lowest BCUT2D eigenvalue weighted by Crippen LogP contribution is -2.35. The average molecular weight is 361 g/mol. The van der Waals surface area contributed by atoms with Crippen LogP contribution in [0.4, 0.5) is 5.69 Å². The molecule has 2 heterocycles. The molecule has 0 saturated heterocycles. The Bertz CT molecular complexity index is 1030. The van der Waals surface area contributed by atoms with Gasteiger partial charge in [-0.2, -0.15) is 0 Å². The third-order valence-corrected chi connectivity index (χ3v) is 4.75. The van der Waals surface area contributed by atoms with Gasteiger partial charge in [0, 0.05) is 29.6 Å². The number of aryl methyl sites for hydroxylation is 2. The van der Waals surface area contributed by atoms with E-state index in [9.17, 15) is 15.0 Å². The first-order chi connectivity index (χ1) is 13.0. The molecular weight excluding hydrogens is 342 g/mol. The molecule has 3 aromatic rings. The second kappa shape index (κ2) is 6.72. The number of carbonyl (C=O) groups is 1. The van der Waals surface area contributed by atoms with Gasteiger partial charge < -0.3 is 15.1 Å². The zero-order valence-electron chi connectivity index (χ0n) is 14.9. The molecule has 0 unspecified atom stereocenters. The normalized spacial score (nSPS) is 13.3. The molecule has 0 aliphatic carbocycles. The molecule has 0 saturated carbocycles. The highest BCUT2D eigenvalue weighted by Crippen LogP contribution is 2.33. The Kier molecular flexibility index (Phi) is 4.24. The van der Waals surface area contributed by atoms with Gasteiger partial charge in [-0.1, -0.05) is 6.07 Å². The number of rotatable bonds is 2. The fourth-order valence-corrected chi connectivity index (χ4v) is 3.43. The molecule has 0 bridgehead atoms. The lowest BCUT2D eigenvalue weighted by Gasteiger charge is -2.30. The highest BCUT2D eigenvalue weighted by Gasteiger charge is 2.26. The number of anilines is 1. The summed E-state index contributed by atoms with van der Waals surface area (Å²) in [5, 5.41) is 19.5. The topological polar surface area (TPSA) is 86.6 Å². The van der Waals surface area contributed by atoms with E-state index in [0.29, 0.717) is 6.54 Å². The predicted molar refractivity (Wildman–Crippen MR) is 102 cm³/mol. The molecule has 0 fully saturated rings. The standard InChI is InChI=1S/C21H19N3O3/c1-13-9-18(23-12-22-13)14-4-7-19-15(10-14)3-2-8-24(19)21(27)17-6-5-16(25)11-20(17)26/h4-7,9-12,25-26H,2-3,8H2,1H3. The monoisotopic (exact) mass is 361 g/mol. The molecule has 1 amide bonds. The molecule has 1 aliphatic rings. The van der Waals surface area contributed by atoms with Crippen LogP contribution in [0.15, 0.2) is 48.8 Å². The number of benzene rings is 2. The molecule has 6 heteroatoms. The second-order valence-corrected chi connectivity index (χ2v) is 6.65. The van der Waals surface area contributed by atoms with Crippen LogP contribution in [-0.4, -0.2) is 32.6 Å². The minimum atomic E-state index is -0.279. The van der Waals surface area contributed by atoms with Crippen LogP contribution in [0.1, 0.15) is 28.0 Å². The summed E-state index contributed by atoms with van der Waals surface area (Å²) >= 11 is 0. The van der Waals surface area contributed by atoms with Crippen LogP contribution in [-0.2, 0) is 6.42 Å². The van der Waals surface area contributed by atoms with Crippen molar-refractivity contribution < 1.29 is 15.0 Å². The van der Waals surface area contributed by atoms with E-state index in [1.807, 2.05) is 25.1 Å². The van der Waals surface area contributed by atoms with Crippen LogP contribution in [0.3, 0.4) is 0 Å². The summed E-state index contributed by atoms with van der Waals surface area (Å²) in [5.41, 5.74) is 4.83. The van der Waals surface area contributed by atoms with Gasteiger partial charge in [-0.05, 0) is 55.7 Å². The number of carbonyl (C=O) groups excluding carboxylic acids is 1. The number of aromatic nitrogens is 2. The Morgan fingerprint density at radius 1 is 1.07 bits per heavy atom. The van der Waals surface area contributed by atoms with E-state index in [1.54, 1.807) is 11.2 Å². The van der Waals surface area contributed by atoms with Gasteiger partial charge in [-0.15, -0.1) is 0 Å². The van der Waals surface area contributed by atoms with Crippen LogP contribution >= 0.6 is 0 Å². The fraction of sp³-hybridized carbons (Fsp3) is 0.190. The largest absolute Gasteiger partial charge is 0.508 e. The molecule has 0 radical (unpaired) electrons. The first-order valence-corrected chi connectivity index (χ1v) is 8.79. The van der Waals surface area contributed by atoms with Gasteiger partial charge >= 0.3 is 0 Å². The maximum atomic E-state index is 13.0. The van der Waals surface area contributed by atoms with E-state index >= 15 is 0 Å². The summed E-state index contributed by atoms with van der Waals surface area (Å²) in [6.45, 7) is 2.51. The van der Waals surface area contributed by atoms with E-state index < -0.39 is 0 Å². The number of aromatic hydroxyl groups is 2. The summed E-state index contributed by atoms with van der Waals surface area (Å²) in [7, 11) is 0. The van der Waals surface area contributed by atoms with Crippen LogP contribution in [0.2, 0.25) is 0 Å². The molecule has 27 heavy (non-hydrogen) atoms. The van der Waals surface area contributed by atoms with Gasteiger partial charge in [0.1, 0.15) is 17.8 Å². The molecule has 0 spiro atoms. The number of hydrogen-bond donors (Lipinski definition) is 2. The first kappa shape index (κ1) is 17.0. The minimum Gasteiger partial charge on any atom is -0.508 e. The molecule has 4 rings (SSSR count). The summed E-state index contributed by atoms with van der Waals surface area (Å²) in [6, 6.07) is 11.9. The van der Waals surface area contributed by atoms with Gasteiger partial charge in [0.15, 0.2) is 0 Å². The van der Waals surface area contributed by atoms with E-state index in [-0.39, 0.29) is 23.0 Å². The summed E-state index contributed by atoms with van der Waals surface area (Å²) < 4.78 is 0. The van der Waals surface area contributed by atoms with Crippen molar-refractivity contribution in [2.75, 3.05) is 11.4 Å². The van der Waals surface area contributed by atoms with E-state index in [4.69, 9.17) is 0 Å². The van der Waals surface area contributed by atoms with Gasteiger partial charge in [-0.3, -0.25) is 4.79 Å². The van der Waals surface area contributed by atoms with Crippen molar-refractivity contribution in [3.8, 4) is 22.8 Å². The Hall–Kier alpha value is -3.41. The van der Waals surface area contributed by atoms with Crippen LogP contribution in [0, 0.1) is 6.92 Å². The molecule has 1 aliphatic heterocycles. The molecule has 0 atom stereocenters. The molecule has 136 valence electrons. The van der Waals surface area contributed by atoms with E-state index in [1.165, 1.54) is 18.2 Å². The SMILES string of the molecule is Cc1cc(-c2ccc3c(c2)CCCN3C(=O)c2ccc(O)cc2O)ncn1. The Morgan fingerprint density at radius 2 is 1.93 bits per heavy atom. The molecular formula is C21H19N3O3. The van der Waals surface area contributed by atoms with Crippen LogP contribution in [0.25, 0.3) is 11.3 Å². The quantitative estimate of drug-likeness (QED) is 0.730. The smallest absolute Gasteiger partial charge is 0.262 e. The highest BCUT2D eigenvalue weighted by molar-refractivity contribution is 6.08. The molecule has 2 N–H and O–H groups in total. The van der Waals surface area contributed by atoms with Crippen molar-refractivity contribution in [3.63, 3.8) is 0 Å². The minimum absolute atomic E-state index is 0.0760. The summed E-state index contributed by atoms with van der Waals surface area (Å²) in [5.74, 6) is -0.577. The number of phenolic OH excluding ortho intramolecular Hbond substituents is 2. The molecule has 6 nitrogen and oxygen atoms in total. The first-order valence-electron chi connectivity index (χ1n) is 8.79. The van der Waals surface area contributed by atoms with Crippen molar-refractivity contribution in [3.05, 3.63) is 65.6 Å². The van der Waals surface area contributed by atoms with Crippen LogP contribution < -0.4 is 4.90 Å². The highest BCUT2D eigenvalue weighted by atomic mass is 16.3. The van der Waals surface area contributed by atoms with E-state index in [2.05, 4.69) is 16.0 Å². The van der Waals surface area contributed by atoms with Crippen molar-refractivity contribution in [2.45, 2.75) is 19.8 Å². The van der Waals surface area contributed by atoms with Gasteiger partial charge in [0.2, 0.25) is 0 Å². The van der Waals surface area contributed by atoms with Crippen molar-refractivity contribution >= 4 is 11.6 Å². The maximum Gasteiger partial charge on any atom is 0.262 e. The third kappa shape index (κ3) is 3.21. The van der Waals surface area contributed by atoms with Crippen molar-refractivity contribution in [1.29, 1.82) is 0 Å². The van der Waals surface area contributed by atoms with Crippen molar-refractivity contribution in [1.82, 2.24) is 9.97 Å². The third-order valence-electron chi connectivity index (χ3n) is 4.75. The Morgan fingerprint density at radius 3 is 2.70 bits per heavy atom.